The molecule has 70 heavy (non-hydrogen) atoms. The van der Waals surface area contributed by atoms with E-state index in [1.54, 1.807) is 0 Å². The number of hydrogen-bond donors (Lipinski definition) is 30. The predicted molar refractivity (Wildman–Crippen MR) is 231 cm³/mol. The van der Waals surface area contributed by atoms with Crippen molar-refractivity contribution in [3.05, 3.63) is 0 Å². The number of rotatable bonds is 0. The monoisotopic (exact) mass is 1330 g/mol. The molecule has 0 aliphatic carbocycles. The molecule has 0 fully saturated rings. The molecule has 0 aromatic carbocycles. The van der Waals surface area contributed by atoms with E-state index in [4.69, 9.17) is 225 Å². The van der Waals surface area contributed by atoms with Crippen LogP contribution < -0.4 is 0 Å². The van der Waals surface area contributed by atoms with Crippen LogP contribution in [0.4, 0.5) is 71.9 Å². The van der Waals surface area contributed by atoms with Crippen LogP contribution >= 0.6 is 0 Å². The molecule has 0 rings (SSSR count). The van der Waals surface area contributed by atoms with Gasteiger partial charge in [0.15, 0.2) is 0 Å². The van der Waals surface area contributed by atoms with E-state index in [0.717, 1.165) is 0 Å². The quantitative estimate of drug-likeness (QED) is 0.107. The molecule has 0 saturated heterocycles. The van der Waals surface area contributed by atoms with E-state index >= 15 is 0 Å². The van der Waals surface area contributed by atoms with E-state index in [1.807, 2.05) is 0 Å². The van der Waals surface area contributed by atoms with Crippen LogP contribution in [-0.2, 0) is 0 Å². The molecular weight excluding hydrogens is 1290 g/mol. The fraction of sp³-hybridized carbons (Fsp3) is 0. The van der Waals surface area contributed by atoms with Crippen molar-refractivity contribution in [1.82, 2.24) is 0 Å². The van der Waals surface area contributed by atoms with Crippen molar-refractivity contribution in [2.45, 2.75) is 0 Å². The van der Waals surface area contributed by atoms with Gasteiger partial charge >= 0.3 is 606 Å². The molecule has 45 nitrogen and oxygen atoms in total. The van der Waals surface area contributed by atoms with Crippen molar-refractivity contribution in [2.24, 2.45) is 0 Å². The Labute approximate surface area is 807 Å². The van der Waals surface area contributed by atoms with Crippen LogP contribution in [0, 0.1) is 0 Å². The minimum atomic E-state index is -1.83. The van der Waals surface area contributed by atoms with Crippen LogP contribution in [0.1, 0.15) is 0 Å². The van der Waals surface area contributed by atoms with Crippen LogP contribution in [0.3, 0.4) is 0 Å². The second-order valence-electron chi connectivity index (χ2n) is 4.24. The van der Waals surface area contributed by atoms with Crippen LogP contribution in [-0.4, -0.2) is 759 Å². The molecule has 380 valence electrons. The normalized spacial score (nSPS) is 5.14. The van der Waals surface area contributed by atoms with Crippen molar-refractivity contribution < 1.29 is 225 Å². The number of hydrogen-bond acceptors (Lipinski definition) is 15. The van der Waals surface area contributed by atoms with Crippen LogP contribution in [0.15, 0.2) is 0 Å². The molecule has 0 radical (unpaired) electrons. The Morgan fingerprint density at radius 3 is 0.100 bits per heavy atom. The van der Waals surface area contributed by atoms with Gasteiger partial charge in [-0.3, -0.25) is 0 Å². The molecule has 0 atom stereocenters. The van der Waals surface area contributed by atoms with Crippen molar-refractivity contribution in [3.63, 3.8) is 0 Å². The van der Waals surface area contributed by atoms with E-state index in [0.29, 0.717) is 0 Å². The van der Waals surface area contributed by atoms with E-state index in [-0.39, 0.29) is 514 Å². The first-order valence-corrected chi connectivity index (χ1v) is 9.77. The molecule has 0 bridgehead atoms. The average Bonchev–Trinajstić information content (AvgIpc) is 2.78. The summed E-state index contributed by atoms with van der Waals surface area (Å²) in [6.07, 6.45) is -27.5. The fourth-order valence-electron chi connectivity index (χ4n) is 0. The van der Waals surface area contributed by atoms with Gasteiger partial charge in [-0.2, -0.15) is 0 Å². The van der Waals surface area contributed by atoms with Gasteiger partial charge in [0.05, 0.1) is 0 Å². The number of carbonyl (C=O) groups is 15. The molecule has 0 unspecified atom stereocenters. The fourth-order valence-corrected chi connectivity index (χ4v) is 0. The SMILES string of the molecule is O=C(O)O.O=C(O)O.O=C(O)O.O=C(O)O.O=C(O)O.O=C(O)O.O=C(O)O.O=C(O)O.O=C(O)O.O=C(O)O.O=C(O)O.O=C(O)O.O=C(O)O.O=C(O)O.O=C(O)O.[KH].[KH].[KH].[KH].[KH].[KH].[KH].[KH].[KH].[KH]. The van der Waals surface area contributed by atoms with Crippen molar-refractivity contribution in [2.75, 3.05) is 0 Å². The molecule has 0 amide bonds. The van der Waals surface area contributed by atoms with Crippen molar-refractivity contribution >= 4 is 606 Å². The van der Waals surface area contributed by atoms with Gasteiger partial charge in [0.25, 0.3) is 0 Å². The van der Waals surface area contributed by atoms with Gasteiger partial charge in [-0.25, -0.2) is 71.9 Å². The zero-order chi connectivity index (χ0) is 53.7. The summed E-state index contributed by atoms with van der Waals surface area (Å²) in [5, 5.41) is 209. The molecule has 0 saturated carbocycles. The molecular formula is C15H40K10O45. The van der Waals surface area contributed by atoms with Crippen molar-refractivity contribution in [3.8, 4) is 0 Å². The van der Waals surface area contributed by atoms with E-state index < -0.39 is 92.3 Å². The van der Waals surface area contributed by atoms with Gasteiger partial charge in [0, 0.05) is 0 Å². The summed E-state index contributed by atoms with van der Waals surface area (Å²) in [6.45, 7) is 0. The van der Waals surface area contributed by atoms with E-state index in [2.05, 4.69) is 0 Å². The summed E-state index contributed by atoms with van der Waals surface area (Å²) in [5.41, 5.74) is 0. The molecule has 0 aliphatic rings. The molecule has 30 N–H and O–H groups in total. The van der Waals surface area contributed by atoms with Gasteiger partial charge in [-0.05, 0) is 0 Å². The van der Waals surface area contributed by atoms with Gasteiger partial charge in [0.2, 0.25) is 0 Å². The zero-order valence-electron chi connectivity index (χ0n) is 27.0. The maximum atomic E-state index is 8.56. The Morgan fingerprint density at radius 1 is 0.100 bits per heavy atom. The minimum absolute atomic E-state index is 0. The topological polar surface area (TPSA) is 863 Å². The predicted octanol–water partition coefficient (Wildman–Crippen LogP) is -3.15. The van der Waals surface area contributed by atoms with E-state index in [1.165, 1.54) is 0 Å². The molecule has 0 aliphatic heterocycles. The van der Waals surface area contributed by atoms with Gasteiger partial charge in [-0.1, -0.05) is 0 Å². The summed E-state index contributed by atoms with van der Waals surface area (Å²) in [4.78, 5) is 128. The van der Waals surface area contributed by atoms with Crippen LogP contribution in [0.25, 0.3) is 0 Å². The second kappa shape index (κ2) is 158. The first-order valence-electron chi connectivity index (χ1n) is 9.77. The second-order valence-corrected chi connectivity index (χ2v) is 4.24. The third-order valence-electron chi connectivity index (χ3n) is 0. The summed E-state index contributed by atoms with van der Waals surface area (Å²) >= 11 is 0. The standard InChI is InChI=1S/15CH2O3.10K.10H/c15*2-1(3)4;;;;;;;;;;;;;;;;;;;;/h15*(H2,2,3,4);;;;;;;;;;;;;;;;;;;;. The Morgan fingerprint density at radius 2 is 0.100 bits per heavy atom. The third kappa shape index (κ3) is 13100. The van der Waals surface area contributed by atoms with Gasteiger partial charge < -0.3 is 153 Å². The van der Waals surface area contributed by atoms with Crippen LogP contribution in [0.2, 0.25) is 0 Å². The van der Waals surface area contributed by atoms with E-state index in [9.17, 15) is 0 Å². The summed E-state index contributed by atoms with van der Waals surface area (Å²) in [5.74, 6) is 0. The van der Waals surface area contributed by atoms with Crippen LogP contribution in [0.5, 0.6) is 0 Å². The Hall–Kier alpha value is 5.41. The number of carboxylic acid groups (broad SMARTS) is 30. The third-order valence-corrected chi connectivity index (χ3v) is 0. The first kappa shape index (κ1) is 164. The molecule has 0 heterocycles. The summed E-state index contributed by atoms with van der Waals surface area (Å²) < 4.78 is 0. The zero-order valence-corrected chi connectivity index (χ0v) is 27.0. The van der Waals surface area contributed by atoms with Gasteiger partial charge in [-0.15, -0.1) is 0 Å². The average molecular weight is 1330 g/mol. The molecule has 55 heteroatoms. The molecule has 0 aromatic rings. The molecule has 0 aromatic heterocycles. The van der Waals surface area contributed by atoms with Gasteiger partial charge in [0.1, 0.15) is 0 Å². The van der Waals surface area contributed by atoms with Crippen molar-refractivity contribution in [1.29, 1.82) is 0 Å². The Kier molecular flexibility index (Phi) is 370. The first-order chi connectivity index (χ1) is 26.0. The Balaban J connectivity index is -0.0000000133. The Bertz CT molecular complexity index is 787. The molecule has 0 spiro atoms. The summed E-state index contributed by atoms with van der Waals surface area (Å²) in [7, 11) is 0. The summed E-state index contributed by atoms with van der Waals surface area (Å²) in [6, 6.07) is 0. The maximum absolute atomic E-state index is 8.56.